The summed E-state index contributed by atoms with van der Waals surface area (Å²) in [4.78, 5) is 21.6. The Labute approximate surface area is 148 Å². The standard InChI is InChI=1S/C19H27N3O3/c1-19(2,3)25-18(23)22-11-6-7-14(13-22)10-12-24-17-20-15-8-4-5-9-16(15)21-17/h4-5,8-9,14H,6-7,10-13H2,1-3H3,(H,20,21). The van der Waals surface area contributed by atoms with Gasteiger partial charge in [0.1, 0.15) is 5.60 Å². The average Bonchev–Trinajstić information content (AvgIpc) is 2.96. The lowest BCUT2D eigenvalue weighted by molar-refractivity contribution is 0.0154. The molecule has 3 rings (SSSR count). The zero-order chi connectivity index (χ0) is 17.9. The molecule has 0 spiro atoms. The molecule has 25 heavy (non-hydrogen) atoms. The molecule has 2 heterocycles. The van der Waals surface area contributed by atoms with E-state index in [9.17, 15) is 4.79 Å². The number of rotatable bonds is 4. The Bertz CT molecular complexity index is 687. The first-order valence-corrected chi connectivity index (χ1v) is 8.96. The smallest absolute Gasteiger partial charge is 0.410 e. The number of benzene rings is 1. The Hall–Kier alpha value is -2.24. The molecule has 1 atom stereocenters. The number of carbonyl (C=O) groups is 1. The van der Waals surface area contributed by atoms with Crippen molar-refractivity contribution in [3.05, 3.63) is 24.3 Å². The minimum Gasteiger partial charge on any atom is -0.465 e. The van der Waals surface area contributed by atoms with Crippen LogP contribution in [0.25, 0.3) is 11.0 Å². The molecule has 6 nitrogen and oxygen atoms in total. The fourth-order valence-corrected chi connectivity index (χ4v) is 3.11. The Balaban J connectivity index is 1.47. The van der Waals surface area contributed by atoms with Crippen molar-refractivity contribution < 1.29 is 14.3 Å². The largest absolute Gasteiger partial charge is 0.465 e. The third-order valence-electron chi connectivity index (χ3n) is 4.30. The molecule has 0 saturated carbocycles. The molecule has 2 aromatic rings. The molecule has 6 heteroatoms. The number of piperidine rings is 1. The summed E-state index contributed by atoms with van der Waals surface area (Å²) in [7, 11) is 0. The van der Waals surface area contributed by atoms with Crippen LogP contribution in [0, 0.1) is 5.92 Å². The third kappa shape index (κ3) is 4.87. The van der Waals surface area contributed by atoms with Gasteiger partial charge < -0.3 is 19.4 Å². The number of likely N-dealkylation sites (tertiary alicyclic amines) is 1. The van der Waals surface area contributed by atoms with Gasteiger partial charge in [0.05, 0.1) is 17.6 Å². The summed E-state index contributed by atoms with van der Waals surface area (Å²) in [6, 6.07) is 8.42. The molecule has 1 aliphatic heterocycles. The van der Waals surface area contributed by atoms with Crippen LogP contribution in [0.3, 0.4) is 0 Å². The Morgan fingerprint density at radius 1 is 1.36 bits per heavy atom. The molecule has 1 amide bonds. The molecular formula is C19H27N3O3. The molecule has 0 bridgehead atoms. The molecular weight excluding hydrogens is 318 g/mol. The van der Waals surface area contributed by atoms with Crippen LogP contribution in [0.5, 0.6) is 6.01 Å². The van der Waals surface area contributed by atoms with Gasteiger partial charge in [-0.15, -0.1) is 0 Å². The number of fused-ring (bicyclic) bond motifs is 1. The van der Waals surface area contributed by atoms with Crippen molar-refractivity contribution in [1.82, 2.24) is 14.9 Å². The number of nitrogens with zero attached hydrogens (tertiary/aromatic N) is 2. The number of para-hydroxylation sites is 2. The number of ether oxygens (including phenoxy) is 2. The molecule has 0 aliphatic carbocycles. The van der Waals surface area contributed by atoms with E-state index < -0.39 is 5.60 Å². The predicted molar refractivity (Wildman–Crippen MR) is 96.7 cm³/mol. The van der Waals surface area contributed by atoms with Gasteiger partial charge in [-0.05, 0) is 58.1 Å². The van der Waals surface area contributed by atoms with Crippen molar-refractivity contribution in [2.24, 2.45) is 5.92 Å². The maximum absolute atomic E-state index is 12.2. The first kappa shape index (κ1) is 17.6. The van der Waals surface area contributed by atoms with Crippen LogP contribution in [0.1, 0.15) is 40.0 Å². The molecule has 1 aromatic carbocycles. The van der Waals surface area contributed by atoms with Crippen LogP contribution in [-0.2, 0) is 4.74 Å². The van der Waals surface area contributed by atoms with Crippen molar-refractivity contribution in [3.8, 4) is 6.01 Å². The number of nitrogens with one attached hydrogen (secondary N) is 1. The van der Waals surface area contributed by atoms with Gasteiger partial charge in [0.2, 0.25) is 0 Å². The SMILES string of the molecule is CC(C)(C)OC(=O)N1CCCC(CCOc2nc3ccccc3[nH]2)C1. The molecule has 1 unspecified atom stereocenters. The Morgan fingerprint density at radius 3 is 2.92 bits per heavy atom. The van der Waals surface area contributed by atoms with Gasteiger partial charge in [-0.2, -0.15) is 4.98 Å². The lowest BCUT2D eigenvalue weighted by atomic mass is 9.95. The minimum atomic E-state index is -0.450. The quantitative estimate of drug-likeness (QED) is 0.910. The summed E-state index contributed by atoms with van der Waals surface area (Å²) >= 11 is 0. The lowest BCUT2D eigenvalue weighted by Crippen LogP contribution is -2.43. The van der Waals surface area contributed by atoms with E-state index >= 15 is 0 Å². The summed E-state index contributed by atoms with van der Waals surface area (Å²) in [5.41, 5.74) is 1.44. The zero-order valence-electron chi connectivity index (χ0n) is 15.2. The van der Waals surface area contributed by atoms with Crippen molar-refractivity contribution in [3.63, 3.8) is 0 Å². The highest BCUT2D eigenvalue weighted by molar-refractivity contribution is 5.75. The molecule has 0 radical (unpaired) electrons. The first-order chi connectivity index (χ1) is 11.9. The first-order valence-electron chi connectivity index (χ1n) is 8.96. The average molecular weight is 345 g/mol. The zero-order valence-corrected chi connectivity index (χ0v) is 15.2. The molecule has 1 N–H and O–H groups in total. The van der Waals surface area contributed by atoms with Crippen LogP contribution >= 0.6 is 0 Å². The maximum atomic E-state index is 12.2. The van der Waals surface area contributed by atoms with E-state index in [2.05, 4.69) is 9.97 Å². The van der Waals surface area contributed by atoms with Crippen LogP contribution in [0.2, 0.25) is 0 Å². The monoisotopic (exact) mass is 345 g/mol. The highest BCUT2D eigenvalue weighted by Gasteiger charge is 2.27. The fraction of sp³-hybridized carbons (Fsp3) is 0.579. The Kier molecular flexibility index (Phi) is 5.16. The summed E-state index contributed by atoms with van der Waals surface area (Å²) < 4.78 is 11.2. The van der Waals surface area contributed by atoms with E-state index in [-0.39, 0.29) is 6.09 Å². The molecule has 136 valence electrons. The van der Waals surface area contributed by atoms with Crippen molar-refractivity contribution in [2.45, 2.75) is 45.6 Å². The lowest BCUT2D eigenvalue weighted by Gasteiger charge is -2.34. The molecule has 1 aromatic heterocycles. The number of aromatic nitrogens is 2. The Morgan fingerprint density at radius 2 is 2.16 bits per heavy atom. The molecule has 1 fully saturated rings. The highest BCUT2D eigenvalue weighted by Crippen LogP contribution is 2.22. The number of aromatic amines is 1. The third-order valence-corrected chi connectivity index (χ3v) is 4.30. The summed E-state index contributed by atoms with van der Waals surface area (Å²) in [6.45, 7) is 7.79. The number of amides is 1. The minimum absolute atomic E-state index is 0.213. The van der Waals surface area contributed by atoms with Gasteiger partial charge in [0, 0.05) is 13.1 Å². The van der Waals surface area contributed by atoms with Gasteiger partial charge >= 0.3 is 6.09 Å². The van der Waals surface area contributed by atoms with Gasteiger partial charge in [0.15, 0.2) is 0 Å². The fourth-order valence-electron chi connectivity index (χ4n) is 3.11. The van der Waals surface area contributed by atoms with Gasteiger partial charge in [-0.3, -0.25) is 0 Å². The molecule has 1 saturated heterocycles. The second-order valence-corrected chi connectivity index (χ2v) is 7.63. The predicted octanol–water partition coefficient (Wildman–Crippen LogP) is 3.98. The van der Waals surface area contributed by atoms with Crippen LogP contribution < -0.4 is 4.74 Å². The summed E-state index contributed by atoms with van der Waals surface area (Å²) in [5, 5.41) is 0. The normalized spacial score (nSPS) is 18.4. The summed E-state index contributed by atoms with van der Waals surface area (Å²) in [5.74, 6) is 0.436. The molecule has 1 aliphatic rings. The number of carbonyl (C=O) groups excluding carboxylic acids is 1. The maximum Gasteiger partial charge on any atom is 0.410 e. The van der Waals surface area contributed by atoms with Crippen LogP contribution in [0.15, 0.2) is 24.3 Å². The second kappa shape index (κ2) is 7.33. The number of H-pyrrole nitrogens is 1. The number of hydrogen-bond acceptors (Lipinski definition) is 4. The summed E-state index contributed by atoms with van der Waals surface area (Å²) in [6.07, 6.45) is 2.81. The van der Waals surface area contributed by atoms with Gasteiger partial charge in [-0.25, -0.2) is 4.79 Å². The second-order valence-electron chi connectivity index (χ2n) is 7.63. The highest BCUT2D eigenvalue weighted by atomic mass is 16.6. The van der Waals surface area contributed by atoms with Crippen molar-refractivity contribution >= 4 is 17.1 Å². The van der Waals surface area contributed by atoms with Crippen molar-refractivity contribution in [1.29, 1.82) is 0 Å². The topological polar surface area (TPSA) is 67.4 Å². The van der Waals surface area contributed by atoms with E-state index in [0.717, 1.165) is 43.4 Å². The van der Waals surface area contributed by atoms with E-state index in [1.165, 1.54) is 0 Å². The van der Waals surface area contributed by atoms with E-state index in [1.807, 2.05) is 49.9 Å². The van der Waals surface area contributed by atoms with Crippen molar-refractivity contribution in [2.75, 3.05) is 19.7 Å². The van der Waals surface area contributed by atoms with E-state index in [0.29, 0.717) is 18.5 Å². The van der Waals surface area contributed by atoms with E-state index in [4.69, 9.17) is 9.47 Å². The van der Waals surface area contributed by atoms with Gasteiger partial charge in [0.25, 0.3) is 6.01 Å². The van der Waals surface area contributed by atoms with Crippen LogP contribution in [-0.4, -0.2) is 46.3 Å². The number of imidazole rings is 1. The van der Waals surface area contributed by atoms with E-state index in [1.54, 1.807) is 0 Å². The van der Waals surface area contributed by atoms with Gasteiger partial charge in [-0.1, -0.05) is 12.1 Å². The number of hydrogen-bond donors (Lipinski definition) is 1. The van der Waals surface area contributed by atoms with Crippen LogP contribution in [0.4, 0.5) is 4.79 Å².